The Kier molecular flexibility index (Phi) is 5.20. The lowest BCUT2D eigenvalue weighted by atomic mass is 10.0. The molecule has 1 amide bonds. The minimum Gasteiger partial charge on any atom is -0.444 e. The van der Waals surface area contributed by atoms with E-state index < -0.39 is 28.8 Å². The highest BCUT2D eigenvalue weighted by atomic mass is 19.1. The van der Waals surface area contributed by atoms with E-state index in [1.165, 1.54) is 12.3 Å². The van der Waals surface area contributed by atoms with Crippen molar-refractivity contribution in [3.63, 3.8) is 0 Å². The van der Waals surface area contributed by atoms with E-state index in [0.29, 0.717) is 12.2 Å². The number of carbonyl (C=O) groups excluding carboxylic acids is 1. The summed E-state index contributed by atoms with van der Waals surface area (Å²) >= 11 is 0. The number of aromatic nitrogens is 1. The molecule has 0 unspecified atom stereocenters. The highest BCUT2D eigenvalue weighted by molar-refractivity contribution is 5.69. The molecule has 0 aromatic carbocycles. The van der Waals surface area contributed by atoms with Gasteiger partial charge in [0.2, 0.25) is 0 Å². The summed E-state index contributed by atoms with van der Waals surface area (Å²) in [5, 5.41) is 13.6. The van der Waals surface area contributed by atoms with Crippen molar-refractivity contribution in [3.8, 4) is 0 Å². The molecule has 8 nitrogen and oxygen atoms in total. The topological polar surface area (TPSA) is 97.6 Å². The average molecular weight is 340 g/mol. The van der Waals surface area contributed by atoms with Crippen LogP contribution in [0.5, 0.6) is 0 Å². The van der Waals surface area contributed by atoms with Gasteiger partial charge in [-0.2, -0.15) is 0 Å². The molecule has 1 saturated heterocycles. The zero-order valence-corrected chi connectivity index (χ0v) is 13.9. The van der Waals surface area contributed by atoms with Gasteiger partial charge >= 0.3 is 11.8 Å². The lowest BCUT2D eigenvalue weighted by molar-refractivity contribution is -0.384. The summed E-state index contributed by atoms with van der Waals surface area (Å²) in [4.78, 5) is 27.9. The van der Waals surface area contributed by atoms with E-state index in [4.69, 9.17) is 4.74 Å². The van der Waals surface area contributed by atoms with Crippen molar-refractivity contribution in [2.75, 3.05) is 18.0 Å². The number of hydrogen-bond acceptors (Lipinski definition) is 6. The molecule has 9 heteroatoms. The van der Waals surface area contributed by atoms with Crippen LogP contribution in [-0.4, -0.2) is 46.9 Å². The molecule has 24 heavy (non-hydrogen) atoms. The van der Waals surface area contributed by atoms with E-state index in [1.807, 2.05) is 0 Å². The van der Waals surface area contributed by atoms with Gasteiger partial charge in [-0.05, 0) is 33.3 Å². The van der Waals surface area contributed by atoms with Gasteiger partial charge in [0.1, 0.15) is 23.7 Å². The van der Waals surface area contributed by atoms with Crippen LogP contribution in [0.25, 0.3) is 0 Å². The van der Waals surface area contributed by atoms with Gasteiger partial charge in [0.15, 0.2) is 0 Å². The molecule has 0 spiro atoms. The maximum Gasteiger partial charge on any atom is 0.408 e. The summed E-state index contributed by atoms with van der Waals surface area (Å²) in [6, 6.07) is 0.711. The van der Waals surface area contributed by atoms with E-state index >= 15 is 0 Å². The first-order valence-electron chi connectivity index (χ1n) is 7.64. The Morgan fingerprint density at radius 1 is 1.54 bits per heavy atom. The Balaban J connectivity index is 2.11. The van der Waals surface area contributed by atoms with Gasteiger partial charge in [0, 0.05) is 19.3 Å². The second-order valence-electron chi connectivity index (χ2n) is 6.62. The highest BCUT2D eigenvalue weighted by Gasteiger charge is 2.34. The normalized spacial score (nSPS) is 21.2. The van der Waals surface area contributed by atoms with Gasteiger partial charge in [0.25, 0.3) is 0 Å². The Hall–Kier alpha value is -2.45. The number of alkyl carbamates (subject to hydrolysis) is 1. The summed E-state index contributed by atoms with van der Waals surface area (Å²) in [7, 11) is 0. The summed E-state index contributed by atoms with van der Waals surface area (Å²) in [5.74, 6) is 0. The fourth-order valence-electron chi connectivity index (χ4n) is 2.52. The molecule has 2 heterocycles. The van der Waals surface area contributed by atoms with E-state index in [2.05, 4.69) is 10.3 Å². The molecule has 0 saturated carbocycles. The predicted octanol–water partition coefficient (Wildman–Crippen LogP) is 2.43. The number of amides is 1. The molecule has 2 rings (SSSR count). The summed E-state index contributed by atoms with van der Waals surface area (Å²) < 4.78 is 19.3. The van der Waals surface area contributed by atoms with Crippen LogP contribution in [0.4, 0.5) is 20.6 Å². The lowest BCUT2D eigenvalue weighted by Gasteiger charge is -2.36. The number of rotatable bonds is 3. The van der Waals surface area contributed by atoms with Crippen molar-refractivity contribution in [2.24, 2.45) is 0 Å². The number of carbonyl (C=O) groups is 1. The fraction of sp³-hybridized carbons (Fsp3) is 0.600. The van der Waals surface area contributed by atoms with Crippen molar-refractivity contribution in [2.45, 2.75) is 45.0 Å². The van der Waals surface area contributed by atoms with Crippen LogP contribution >= 0.6 is 0 Å². The highest BCUT2D eigenvalue weighted by Crippen LogP contribution is 2.29. The maximum absolute atomic E-state index is 14.1. The van der Waals surface area contributed by atoms with Crippen LogP contribution < -0.4 is 10.2 Å². The van der Waals surface area contributed by atoms with E-state index in [1.54, 1.807) is 25.7 Å². The summed E-state index contributed by atoms with van der Waals surface area (Å²) in [6.45, 7) is 5.58. The van der Waals surface area contributed by atoms with Crippen LogP contribution in [-0.2, 0) is 4.74 Å². The minimum absolute atomic E-state index is 0.116. The fourth-order valence-corrected chi connectivity index (χ4v) is 2.52. The quantitative estimate of drug-likeness (QED) is 0.670. The van der Waals surface area contributed by atoms with E-state index in [-0.39, 0.29) is 18.7 Å². The van der Waals surface area contributed by atoms with Gasteiger partial charge in [-0.1, -0.05) is 0 Å². The van der Waals surface area contributed by atoms with Crippen molar-refractivity contribution < 1.29 is 18.8 Å². The number of alkyl halides is 1. The number of ether oxygens (including phenoxy) is 1. The van der Waals surface area contributed by atoms with E-state index in [9.17, 15) is 19.3 Å². The molecule has 1 aliphatic heterocycles. The number of pyridine rings is 1. The summed E-state index contributed by atoms with van der Waals surface area (Å²) in [6.07, 6.45) is 0.809. The molecule has 132 valence electrons. The Morgan fingerprint density at radius 3 is 2.88 bits per heavy atom. The first-order valence-corrected chi connectivity index (χ1v) is 7.64. The number of nitrogens with one attached hydrogen (secondary N) is 1. The summed E-state index contributed by atoms with van der Waals surface area (Å²) in [5.41, 5.74) is -0.475. The molecule has 0 aliphatic carbocycles. The molecule has 1 aromatic rings. The van der Waals surface area contributed by atoms with Crippen LogP contribution in [0.1, 0.15) is 27.2 Å². The third-order valence-corrected chi connectivity index (χ3v) is 3.55. The number of halogens is 1. The molecular formula is C15H21FN4O4. The Labute approximate surface area is 139 Å². The standard InChI is InChI=1S/C15H21FN4O4/c1-15(2,3)24-14(21)18-11-9-19(7-5-10(11)16)12-4-6-17-8-13(12)20(22)23/h4,6,8,10-11H,5,7,9H2,1-3H3,(H,18,21)/t10-,11+/m0/s1. The average Bonchev–Trinajstić information content (AvgIpc) is 2.47. The maximum atomic E-state index is 14.1. The molecule has 1 aromatic heterocycles. The van der Waals surface area contributed by atoms with Crippen molar-refractivity contribution in [3.05, 3.63) is 28.6 Å². The predicted molar refractivity (Wildman–Crippen MR) is 85.8 cm³/mol. The molecule has 0 bridgehead atoms. The molecule has 1 aliphatic rings. The van der Waals surface area contributed by atoms with Gasteiger partial charge in [-0.3, -0.25) is 15.1 Å². The SMILES string of the molecule is CC(C)(C)OC(=O)N[C@@H]1CN(c2ccncc2[N+](=O)[O-])CC[C@@H]1F. The molecule has 2 atom stereocenters. The van der Waals surface area contributed by atoms with Crippen molar-refractivity contribution in [1.82, 2.24) is 10.3 Å². The molecule has 1 N–H and O–H groups in total. The van der Waals surface area contributed by atoms with Crippen LogP contribution in [0.2, 0.25) is 0 Å². The number of hydrogen-bond donors (Lipinski definition) is 1. The second kappa shape index (κ2) is 6.98. The minimum atomic E-state index is -1.24. The molecule has 1 fully saturated rings. The van der Waals surface area contributed by atoms with E-state index in [0.717, 1.165) is 6.20 Å². The zero-order chi connectivity index (χ0) is 17.9. The largest absolute Gasteiger partial charge is 0.444 e. The van der Waals surface area contributed by atoms with Crippen molar-refractivity contribution in [1.29, 1.82) is 0 Å². The van der Waals surface area contributed by atoms with Crippen LogP contribution in [0, 0.1) is 10.1 Å². The monoisotopic (exact) mass is 340 g/mol. The second-order valence-corrected chi connectivity index (χ2v) is 6.62. The number of nitro groups is 1. The molecule has 0 radical (unpaired) electrons. The van der Waals surface area contributed by atoms with Crippen molar-refractivity contribution >= 4 is 17.5 Å². The third-order valence-electron chi connectivity index (χ3n) is 3.55. The van der Waals surface area contributed by atoms with Gasteiger partial charge in [-0.15, -0.1) is 0 Å². The Bertz CT molecular complexity index is 620. The molecular weight excluding hydrogens is 319 g/mol. The first kappa shape index (κ1) is 17.9. The number of piperidine rings is 1. The lowest BCUT2D eigenvalue weighted by Crippen LogP contribution is -2.54. The zero-order valence-electron chi connectivity index (χ0n) is 13.9. The van der Waals surface area contributed by atoms with Gasteiger partial charge in [-0.25, -0.2) is 9.18 Å². The smallest absolute Gasteiger partial charge is 0.408 e. The van der Waals surface area contributed by atoms with Crippen LogP contribution in [0.15, 0.2) is 18.5 Å². The Morgan fingerprint density at radius 2 is 2.25 bits per heavy atom. The third kappa shape index (κ3) is 4.53. The van der Waals surface area contributed by atoms with Gasteiger partial charge in [0.05, 0.1) is 11.0 Å². The number of nitrogens with zero attached hydrogens (tertiary/aromatic N) is 3. The van der Waals surface area contributed by atoms with Crippen LogP contribution in [0.3, 0.4) is 0 Å². The van der Waals surface area contributed by atoms with Gasteiger partial charge < -0.3 is 15.0 Å². The first-order chi connectivity index (χ1) is 11.2. The number of anilines is 1.